The lowest BCUT2D eigenvalue weighted by Gasteiger charge is -2.09. The van der Waals surface area contributed by atoms with E-state index >= 15 is 0 Å². The van der Waals surface area contributed by atoms with Gasteiger partial charge in [0.1, 0.15) is 0 Å². The Bertz CT molecular complexity index is 524. The van der Waals surface area contributed by atoms with Gasteiger partial charge in [0.2, 0.25) is 0 Å². The SMILES string of the molecule is O=C(NS(=O)(=O)C(F)(F)F)c1ccc(I)cc1. The summed E-state index contributed by atoms with van der Waals surface area (Å²) in [6, 6.07) is 5.39. The number of halogens is 4. The van der Waals surface area contributed by atoms with Gasteiger partial charge in [0, 0.05) is 9.13 Å². The fraction of sp³-hybridized carbons (Fsp3) is 0.125. The average molecular weight is 379 g/mol. The lowest BCUT2D eigenvalue weighted by atomic mass is 10.2. The maximum atomic E-state index is 12.0. The fourth-order valence-corrected chi connectivity index (χ4v) is 1.68. The van der Waals surface area contributed by atoms with Gasteiger partial charge in [-0.25, -0.2) is 4.72 Å². The van der Waals surface area contributed by atoms with Gasteiger partial charge in [-0.1, -0.05) is 0 Å². The molecule has 0 unspecified atom stereocenters. The van der Waals surface area contributed by atoms with E-state index in [-0.39, 0.29) is 5.56 Å². The van der Waals surface area contributed by atoms with Crippen molar-refractivity contribution in [2.45, 2.75) is 5.51 Å². The molecule has 1 aromatic rings. The maximum Gasteiger partial charge on any atom is 0.516 e. The molecule has 4 nitrogen and oxygen atoms in total. The third kappa shape index (κ3) is 3.56. The summed E-state index contributed by atoms with van der Waals surface area (Å²) in [5.41, 5.74) is -5.68. The molecule has 17 heavy (non-hydrogen) atoms. The minimum absolute atomic E-state index is 0.168. The number of amides is 1. The van der Waals surface area contributed by atoms with Crippen molar-refractivity contribution in [3.63, 3.8) is 0 Å². The zero-order valence-electron chi connectivity index (χ0n) is 7.95. The Labute approximate surface area is 108 Å². The second-order valence-corrected chi connectivity index (χ2v) is 5.81. The van der Waals surface area contributed by atoms with Gasteiger partial charge >= 0.3 is 15.5 Å². The molecule has 0 aromatic heterocycles. The van der Waals surface area contributed by atoms with Crippen LogP contribution in [-0.2, 0) is 10.0 Å². The predicted molar refractivity (Wildman–Crippen MR) is 61.6 cm³/mol. The third-order valence-electron chi connectivity index (χ3n) is 1.64. The Kier molecular flexibility index (Phi) is 4.02. The molecule has 0 fully saturated rings. The zero-order valence-corrected chi connectivity index (χ0v) is 10.9. The van der Waals surface area contributed by atoms with Crippen LogP contribution in [0.5, 0.6) is 0 Å². The number of carbonyl (C=O) groups excluding carboxylic acids is 1. The normalized spacial score (nSPS) is 12.2. The van der Waals surface area contributed by atoms with E-state index in [1.807, 2.05) is 22.6 Å². The fourth-order valence-electron chi connectivity index (χ4n) is 0.840. The molecule has 0 spiro atoms. The van der Waals surface area contributed by atoms with Gasteiger partial charge in [-0.05, 0) is 46.9 Å². The molecule has 1 rings (SSSR count). The summed E-state index contributed by atoms with van der Waals surface area (Å²) >= 11 is 1.93. The largest absolute Gasteiger partial charge is 0.516 e. The zero-order chi connectivity index (χ0) is 13.3. The van der Waals surface area contributed by atoms with Crippen LogP contribution < -0.4 is 4.72 Å². The van der Waals surface area contributed by atoms with Gasteiger partial charge in [-0.3, -0.25) is 4.79 Å². The number of benzene rings is 1. The topological polar surface area (TPSA) is 63.2 Å². The molecule has 1 aromatic carbocycles. The summed E-state index contributed by atoms with van der Waals surface area (Å²) in [5, 5.41) is 0. The van der Waals surface area contributed by atoms with Crippen LogP contribution >= 0.6 is 22.6 Å². The van der Waals surface area contributed by atoms with Crippen molar-refractivity contribution in [2.24, 2.45) is 0 Å². The van der Waals surface area contributed by atoms with Crippen molar-refractivity contribution in [1.29, 1.82) is 0 Å². The Balaban J connectivity index is 2.91. The summed E-state index contributed by atoms with van der Waals surface area (Å²) in [7, 11) is -5.66. The Morgan fingerprint density at radius 1 is 1.18 bits per heavy atom. The number of hydrogen-bond donors (Lipinski definition) is 1. The number of hydrogen-bond acceptors (Lipinski definition) is 3. The maximum absolute atomic E-state index is 12.0. The predicted octanol–water partition coefficient (Wildman–Crippen LogP) is 1.87. The summed E-state index contributed by atoms with van der Waals surface area (Å²) in [4.78, 5) is 11.2. The van der Waals surface area contributed by atoms with E-state index in [1.54, 1.807) is 0 Å². The lowest BCUT2D eigenvalue weighted by molar-refractivity contribution is -0.0446. The van der Waals surface area contributed by atoms with Crippen LogP contribution in [0.4, 0.5) is 13.2 Å². The van der Waals surface area contributed by atoms with Crippen molar-refractivity contribution < 1.29 is 26.4 Å². The smallest absolute Gasteiger partial charge is 0.268 e. The number of rotatable bonds is 2. The highest BCUT2D eigenvalue weighted by Gasteiger charge is 2.47. The van der Waals surface area contributed by atoms with Gasteiger partial charge in [-0.15, -0.1) is 0 Å². The summed E-state index contributed by atoms with van der Waals surface area (Å²) < 4.78 is 58.9. The number of alkyl halides is 3. The molecule has 0 saturated carbocycles. The highest BCUT2D eigenvalue weighted by Crippen LogP contribution is 2.21. The van der Waals surface area contributed by atoms with Crippen molar-refractivity contribution in [3.8, 4) is 0 Å². The van der Waals surface area contributed by atoms with Crippen LogP contribution in [0.2, 0.25) is 0 Å². The molecule has 0 aliphatic rings. The quantitative estimate of drug-likeness (QED) is 0.799. The second kappa shape index (κ2) is 4.80. The van der Waals surface area contributed by atoms with Gasteiger partial charge in [0.25, 0.3) is 5.91 Å². The standard InChI is InChI=1S/C8H5F3INO3S/c9-8(10,11)17(15,16)13-7(14)5-1-3-6(12)4-2-5/h1-4H,(H,13,14). The van der Waals surface area contributed by atoms with E-state index in [4.69, 9.17) is 0 Å². The molecule has 0 atom stereocenters. The first-order valence-corrected chi connectivity index (χ1v) is 6.58. The minimum Gasteiger partial charge on any atom is -0.268 e. The number of carbonyl (C=O) groups is 1. The Hall–Kier alpha value is -0.840. The van der Waals surface area contributed by atoms with Crippen LogP contribution in [0.15, 0.2) is 24.3 Å². The van der Waals surface area contributed by atoms with Gasteiger partial charge < -0.3 is 0 Å². The molecule has 0 radical (unpaired) electrons. The minimum atomic E-state index is -5.66. The summed E-state index contributed by atoms with van der Waals surface area (Å²) in [6.45, 7) is 0. The van der Waals surface area contributed by atoms with Crippen LogP contribution in [0.1, 0.15) is 10.4 Å². The molecule has 1 amide bonds. The van der Waals surface area contributed by atoms with Crippen molar-refractivity contribution in [1.82, 2.24) is 4.72 Å². The van der Waals surface area contributed by atoms with Crippen LogP contribution in [0.25, 0.3) is 0 Å². The molecule has 9 heteroatoms. The molecule has 0 aliphatic heterocycles. The first-order chi connectivity index (χ1) is 7.63. The van der Waals surface area contributed by atoms with Crippen molar-refractivity contribution in [3.05, 3.63) is 33.4 Å². The van der Waals surface area contributed by atoms with E-state index < -0.39 is 21.4 Å². The molecule has 1 N–H and O–H groups in total. The highest BCUT2D eigenvalue weighted by molar-refractivity contribution is 14.1. The van der Waals surface area contributed by atoms with E-state index in [9.17, 15) is 26.4 Å². The van der Waals surface area contributed by atoms with Gasteiger partial charge in [0.05, 0.1) is 0 Å². The Morgan fingerprint density at radius 3 is 2.06 bits per heavy atom. The van der Waals surface area contributed by atoms with Crippen LogP contribution in [-0.4, -0.2) is 19.8 Å². The molecule has 0 heterocycles. The Morgan fingerprint density at radius 2 is 1.65 bits per heavy atom. The number of sulfonamides is 1. The van der Waals surface area contributed by atoms with Crippen molar-refractivity contribution in [2.75, 3.05) is 0 Å². The molecule has 0 saturated heterocycles. The summed E-state index contributed by atoms with van der Waals surface area (Å²) in [6.07, 6.45) is 0. The van der Waals surface area contributed by atoms with E-state index in [1.165, 1.54) is 24.3 Å². The molecular formula is C8H5F3INO3S. The van der Waals surface area contributed by atoms with E-state index in [0.29, 0.717) is 0 Å². The molecule has 94 valence electrons. The van der Waals surface area contributed by atoms with Crippen molar-refractivity contribution >= 4 is 38.5 Å². The average Bonchev–Trinajstić information content (AvgIpc) is 2.16. The monoisotopic (exact) mass is 379 g/mol. The van der Waals surface area contributed by atoms with E-state index in [0.717, 1.165) is 8.29 Å². The van der Waals surface area contributed by atoms with Crippen LogP contribution in [0.3, 0.4) is 0 Å². The van der Waals surface area contributed by atoms with Gasteiger partial charge in [-0.2, -0.15) is 21.6 Å². The molecule has 0 aliphatic carbocycles. The molecular weight excluding hydrogens is 374 g/mol. The third-order valence-corrected chi connectivity index (χ3v) is 3.42. The molecule has 0 bridgehead atoms. The summed E-state index contributed by atoms with van der Waals surface area (Å²) in [5.74, 6) is -1.32. The number of nitrogens with one attached hydrogen (secondary N) is 1. The highest BCUT2D eigenvalue weighted by atomic mass is 127. The second-order valence-electron chi connectivity index (χ2n) is 2.89. The first-order valence-electron chi connectivity index (χ1n) is 4.02. The van der Waals surface area contributed by atoms with Gasteiger partial charge in [0.15, 0.2) is 0 Å². The van der Waals surface area contributed by atoms with E-state index in [2.05, 4.69) is 0 Å². The first kappa shape index (κ1) is 14.2. The lowest BCUT2D eigenvalue weighted by Crippen LogP contribution is -2.40. The van der Waals surface area contributed by atoms with Crippen LogP contribution in [0, 0.1) is 3.57 Å².